The van der Waals surface area contributed by atoms with Crippen LogP contribution in [0.4, 0.5) is 5.69 Å². The highest BCUT2D eigenvalue weighted by Gasteiger charge is 2.18. The van der Waals surface area contributed by atoms with Crippen LogP contribution < -0.4 is 4.90 Å². The van der Waals surface area contributed by atoms with Gasteiger partial charge in [0.25, 0.3) is 0 Å². The summed E-state index contributed by atoms with van der Waals surface area (Å²) in [7, 11) is 0. The van der Waals surface area contributed by atoms with E-state index in [-0.39, 0.29) is 0 Å². The average Bonchev–Trinajstić information content (AvgIpc) is 3.12. The first-order chi connectivity index (χ1) is 12.3. The number of para-hydroxylation sites is 1. The topological polar surface area (TPSA) is 19.4 Å². The minimum atomic E-state index is 0.764. The Bertz CT molecular complexity index is 826. The fourth-order valence-corrected chi connectivity index (χ4v) is 4.30. The maximum Gasteiger partial charge on any atom is 0.125 e. The summed E-state index contributed by atoms with van der Waals surface area (Å²) >= 11 is 7.96. The highest BCUT2D eigenvalue weighted by molar-refractivity contribution is 7.13. The van der Waals surface area contributed by atoms with Gasteiger partial charge in [0, 0.05) is 49.4 Å². The molecule has 128 valence electrons. The Labute approximate surface area is 157 Å². The maximum atomic E-state index is 6.28. The lowest BCUT2D eigenvalue weighted by molar-refractivity contribution is 0.247. The van der Waals surface area contributed by atoms with Crippen LogP contribution in [0, 0.1) is 0 Å². The number of benzene rings is 2. The number of thiazole rings is 1. The van der Waals surface area contributed by atoms with Crippen LogP contribution in [0.15, 0.2) is 60.0 Å². The molecule has 0 atom stereocenters. The standard InChI is InChI=1S/C20H20ClN3S/c21-19-9-5-4-8-18(19)20-22-16(15-25-20)14-23-10-12-24(13-11-23)17-6-2-1-3-7-17/h1-9,15H,10-14H2. The van der Waals surface area contributed by atoms with E-state index in [0.29, 0.717) is 0 Å². The van der Waals surface area contributed by atoms with E-state index in [4.69, 9.17) is 16.6 Å². The Morgan fingerprint density at radius 3 is 2.40 bits per heavy atom. The van der Waals surface area contributed by atoms with Crippen LogP contribution in [0.25, 0.3) is 10.6 Å². The number of hydrogen-bond acceptors (Lipinski definition) is 4. The molecule has 0 N–H and O–H groups in total. The van der Waals surface area contributed by atoms with Gasteiger partial charge in [-0.15, -0.1) is 11.3 Å². The molecule has 5 heteroatoms. The number of hydrogen-bond donors (Lipinski definition) is 0. The van der Waals surface area contributed by atoms with Crippen molar-refractivity contribution in [2.24, 2.45) is 0 Å². The SMILES string of the molecule is Clc1ccccc1-c1nc(CN2CCN(c3ccccc3)CC2)cs1. The molecule has 25 heavy (non-hydrogen) atoms. The first-order valence-electron chi connectivity index (χ1n) is 8.51. The molecule has 2 aromatic carbocycles. The lowest BCUT2D eigenvalue weighted by Crippen LogP contribution is -2.46. The van der Waals surface area contributed by atoms with Crippen LogP contribution in [-0.2, 0) is 6.54 Å². The molecule has 3 aromatic rings. The number of aromatic nitrogens is 1. The van der Waals surface area contributed by atoms with Crippen molar-refractivity contribution in [1.29, 1.82) is 0 Å². The Morgan fingerprint density at radius 2 is 1.64 bits per heavy atom. The Hall–Kier alpha value is -1.88. The van der Waals surface area contributed by atoms with Gasteiger partial charge in [-0.1, -0.05) is 48.0 Å². The minimum Gasteiger partial charge on any atom is -0.369 e. The van der Waals surface area contributed by atoms with E-state index in [1.54, 1.807) is 11.3 Å². The number of halogens is 1. The molecule has 2 heterocycles. The van der Waals surface area contributed by atoms with Crippen molar-refractivity contribution in [3.05, 3.63) is 70.7 Å². The van der Waals surface area contributed by atoms with Gasteiger partial charge in [-0.25, -0.2) is 4.98 Å². The van der Waals surface area contributed by atoms with Crippen molar-refractivity contribution in [2.45, 2.75) is 6.54 Å². The largest absolute Gasteiger partial charge is 0.369 e. The summed E-state index contributed by atoms with van der Waals surface area (Å²) in [6, 6.07) is 18.6. The van der Waals surface area contributed by atoms with E-state index < -0.39 is 0 Å². The van der Waals surface area contributed by atoms with Crippen LogP contribution in [0.2, 0.25) is 5.02 Å². The Balaban J connectivity index is 1.37. The van der Waals surface area contributed by atoms with E-state index in [1.165, 1.54) is 5.69 Å². The quantitative estimate of drug-likeness (QED) is 0.659. The molecule has 1 aromatic heterocycles. The number of rotatable bonds is 4. The second-order valence-electron chi connectivity index (χ2n) is 6.22. The molecular formula is C20H20ClN3S. The van der Waals surface area contributed by atoms with Gasteiger partial charge in [0.05, 0.1) is 10.7 Å². The van der Waals surface area contributed by atoms with Gasteiger partial charge in [0.15, 0.2) is 0 Å². The summed E-state index contributed by atoms with van der Waals surface area (Å²) in [5.74, 6) is 0. The van der Waals surface area contributed by atoms with Crippen LogP contribution in [0.1, 0.15) is 5.69 Å². The van der Waals surface area contributed by atoms with Gasteiger partial charge in [0.1, 0.15) is 5.01 Å². The maximum absolute atomic E-state index is 6.28. The number of anilines is 1. The van der Waals surface area contributed by atoms with Crippen molar-refractivity contribution in [1.82, 2.24) is 9.88 Å². The lowest BCUT2D eigenvalue weighted by atomic mass is 10.2. The van der Waals surface area contributed by atoms with Crippen molar-refractivity contribution in [3.8, 4) is 10.6 Å². The van der Waals surface area contributed by atoms with E-state index in [0.717, 1.165) is 54.0 Å². The van der Waals surface area contributed by atoms with E-state index in [9.17, 15) is 0 Å². The van der Waals surface area contributed by atoms with Gasteiger partial charge in [-0.05, 0) is 18.2 Å². The zero-order valence-corrected chi connectivity index (χ0v) is 15.5. The highest BCUT2D eigenvalue weighted by atomic mass is 35.5. The fraction of sp³-hybridized carbons (Fsp3) is 0.250. The second-order valence-corrected chi connectivity index (χ2v) is 7.49. The van der Waals surface area contributed by atoms with Gasteiger partial charge in [0.2, 0.25) is 0 Å². The van der Waals surface area contributed by atoms with Crippen LogP contribution in [-0.4, -0.2) is 36.1 Å². The van der Waals surface area contributed by atoms with Crippen LogP contribution >= 0.6 is 22.9 Å². The third-order valence-corrected chi connectivity index (χ3v) is 5.79. The van der Waals surface area contributed by atoms with Gasteiger partial charge in [-0.2, -0.15) is 0 Å². The fourth-order valence-electron chi connectivity index (χ4n) is 3.17. The molecule has 0 bridgehead atoms. The molecule has 0 unspecified atom stereocenters. The molecule has 4 rings (SSSR count). The van der Waals surface area contributed by atoms with E-state index >= 15 is 0 Å². The summed E-state index contributed by atoms with van der Waals surface area (Å²) in [5, 5.41) is 3.92. The van der Waals surface area contributed by atoms with Gasteiger partial charge < -0.3 is 4.90 Å². The molecule has 0 aliphatic carbocycles. The summed E-state index contributed by atoms with van der Waals surface area (Å²) in [6.07, 6.45) is 0. The van der Waals surface area contributed by atoms with Crippen molar-refractivity contribution in [2.75, 3.05) is 31.1 Å². The third kappa shape index (κ3) is 3.87. The summed E-state index contributed by atoms with van der Waals surface area (Å²) < 4.78 is 0. The Kier molecular flexibility index (Phi) is 5.02. The third-order valence-electron chi connectivity index (χ3n) is 4.54. The smallest absolute Gasteiger partial charge is 0.125 e. The average molecular weight is 370 g/mol. The first kappa shape index (κ1) is 16.6. The second kappa shape index (κ2) is 7.56. The van der Waals surface area contributed by atoms with Crippen molar-refractivity contribution >= 4 is 28.6 Å². The molecule has 1 aliphatic heterocycles. The highest BCUT2D eigenvalue weighted by Crippen LogP contribution is 2.30. The summed E-state index contributed by atoms with van der Waals surface area (Å²) in [5.41, 5.74) is 3.47. The molecule has 1 aliphatic rings. The van der Waals surface area contributed by atoms with E-state index in [1.807, 2.05) is 24.3 Å². The molecule has 1 saturated heterocycles. The molecule has 0 radical (unpaired) electrons. The zero-order valence-electron chi connectivity index (χ0n) is 13.9. The molecule has 0 spiro atoms. The molecule has 0 saturated carbocycles. The summed E-state index contributed by atoms with van der Waals surface area (Å²) in [6.45, 7) is 5.16. The van der Waals surface area contributed by atoms with E-state index in [2.05, 4.69) is 45.5 Å². The van der Waals surface area contributed by atoms with Crippen molar-refractivity contribution < 1.29 is 0 Å². The van der Waals surface area contributed by atoms with Crippen LogP contribution in [0.3, 0.4) is 0 Å². The number of piperazine rings is 1. The predicted molar refractivity (Wildman–Crippen MR) is 106 cm³/mol. The summed E-state index contributed by atoms with van der Waals surface area (Å²) in [4.78, 5) is 9.72. The predicted octanol–water partition coefficient (Wildman–Crippen LogP) is 4.79. The van der Waals surface area contributed by atoms with Gasteiger partial charge in [-0.3, -0.25) is 4.90 Å². The molecule has 0 amide bonds. The zero-order chi connectivity index (χ0) is 17.1. The molecular weight excluding hydrogens is 350 g/mol. The Morgan fingerprint density at radius 1 is 0.920 bits per heavy atom. The molecule has 3 nitrogen and oxygen atoms in total. The number of nitrogens with zero attached hydrogens (tertiary/aromatic N) is 3. The van der Waals surface area contributed by atoms with Gasteiger partial charge >= 0.3 is 0 Å². The molecule has 1 fully saturated rings. The monoisotopic (exact) mass is 369 g/mol. The van der Waals surface area contributed by atoms with Crippen LogP contribution in [0.5, 0.6) is 0 Å². The van der Waals surface area contributed by atoms with Crippen molar-refractivity contribution in [3.63, 3.8) is 0 Å². The lowest BCUT2D eigenvalue weighted by Gasteiger charge is -2.35. The normalized spacial score (nSPS) is 15.5. The minimum absolute atomic E-state index is 0.764. The first-order valence-corrected chi connectivity index (χ1v) is 9.77.